The number of primary sulfonamides is 1. The maximum absolute atomic E-state index is 11.4. The van der Waals surface area contributed by atoms with Gasteiger partial charge >= 0.3 is 0 Å². The van der Waals surface area contributed by atoms with E-state index in [1.54, 1.807) is 30.1 Å². The van der Waals surface area contributed by atoms with E-state index < -0.39 is 10.0 Å². The van der Waals surface area contributed by atoms with Gasteiger partial charge in [0, 0.05) is 15.7 Å². The first-order valence-corrected chi connectivity index (χ1v) is 10.5. The quantitative estimate of drug-likeness (QED) is 0.649. The Morgan fingerprint density at radius 1 is 1.08 bits per heavy atom. The largest absolute Gasteiger partial charge is 0.287 e. The Kier molecular flexibility index (Phi) is 4.82. The van der Waals surface area contributed by atoms with Gasteiger partial charge in [-0.2, -0.15) is 0 Å². The van der Waals surface area contributed by atoms with Crippen molar-refractivity contribution in [1.29, 1.82) is 0 Å². The van der Waals surface area contributed by atoms with Crippen molar-refractivity contribution in [2.45, 2.75) is 10.1 Å². The van der Waals surface area contributed by atoms with Crippen molar-refractivity contribution in [2.75, 3.05) is 6.26 Å². The molecule has 24 heavy (non-hydrogen) atoms. The summed E-state index contributed by atoms with van der Waals surface area (Å²) in [6.45, 7) is 0. The highest BCUT2D eigenvalue weighted by molar-refractivity contribution is 9.10. The lowest BCUT2D eigenvalue weighted by Gasteiger charge is -2.11. The third kappa shape index (κ3) is 3.41. The van der Waals surface area contributed by atoms with Crippen molar-refractivity contribution >= 4 is 37.7 Å². The molecule has 0 aliphatic carbocycles. The van der Waals surface area contributed by atoms with E-state index >= 15 is 0 Å². The van der Waals surface area contributed by atoms with E-state index in [4.69, 9.17) is 5.14 Å². The van der Waals surface area contributed by atoms with Crippen LogP contribution in [0, 0.1) is 0 Å². The average Bonchev–Trinajstić information content (AvgIpc) is 2.99. The van der Waals surface area contributed by atoms with Gasteiger partial charge in [-0.15, -0.1) is 0 Å². The minimum Gasteiger partial charge on any atom is -0.287 e. The molecule has 0 aliphatic heterocycles. The van der Waals surface area contributed by atoms with Gasteiger partial charge in [-0.05, 0) is 42.7 Å². The van der Waals surface area contributed by atoms with E-state index in [-0.39, 0.29) is 4.90 Å². The molecular weight excluding hydrogens is 410 g/mol. The van der Waals surface area contributed by atoms with Crippen molar-refractivity contribution in [1.82, 2.24) is 9.55 Å². The Morgan fingerprint density at radius 2 is 1.71 bits per heavy atom. The monoisotopic (exact) mass is 423 g/mol. The summed E-state index contributed by atoms with van der Waals surface area (Å²) in [7, 11) is -3.70. The highest BCUT2D eigenvalue weighted by Crippen LogP contribution is 2.30. The van der Waals surface area contributed by atoms with E-state index in [0.717, 1.165) is 26.6 Å². The van der Waals surface area contributed by atoms with Crippen molar-refractivity contribution in [3.05, 3.63) is 59.2 Å². The van der Waals surface area contributed by atoms with Crippen molar-refractivity contribution < 1.29 is 8.42 Å². The van der Waals surface area contributed by atoms with Crippen molar-refractivity contribution in [3.8, 4) is 16.9 Å². The molecule has 0 unspecified atom stereocenters. The van der Waals surface area contributed by atoms with Crippen LogP contribution < -0.4 is 5.14 Å². The summed E-state index contributed by atoms with van der Waals surface area (Å²) in [5, 5.41) is 6.00. The Balaban J connectivity index is 2.12. The highest BCUT2D eigenvalue weighted by atomic mass is 79.9. The van der Waals surface area contributed by atoms with Gasteiger partial charge in [0.1, 0.15) is 0 Å². The van der Waals surface area contributed by atoms with E-state index in [1.165, 1.54) is 12.1 Å². The summed E-state index contributed by atoms with van der Waals surface area (Å²) < 4.78 is 25.8. The fraction of sp³-hybridized carbons (Fsp3) is 0.0625. The zero-order valence-electron chi connectivity index (χ0n) is 12.7. The number of halogens is 1. The van der Waals surface area contributed by atoms with Gasteiger partial charge in [0.15, 0.2) is 5.16 Å². The molecule has 0 saturated heterocycles. The fourth-order valence-corrected chi connectivity index (χ4v) is 3.66. The number of nitrogens with two attached hydrogens (primary N) is 1. The van der Waals surface area contributed by atoms with Crippen molar-refractivity contribution in [3.63, 3.8) is 0 Å². The van der Waals surface area contributed by atoms with E-state index in [1.807, 2.05) is 35.1 Å². The number of benzene rings is 2. The summed E-state index contributed by atoms with van der Waals surface area (Å²) in [5.41, 5.74) is 2.71. The molecule has 2 N–H and O–H groups in total. The number of rotatable bonds is 4. The van der Waals surface area contributed by atoms with Crippen LogP contribution in [-0.4, -0.2) is 24.2 Å². The number of imidazole rings is 1. The van der Waals surface area contributed by atoms with Crippen LogP contribution in [0.15, 0.2) is 69.3 Å². The Labute approximate surface area is 153 Å². The van der Waals surface area contributed by atoms with Gasteiger partial charge in [0.05, 0.1) is 16.8 Å². The molecule has 0 saturated carbocycles. The first-order valence-electron chi connectivity index (χ1n) is 6.91. The molecule has 0 fully saturated rings. The Bertz CT molecular complexity index is 966. The van der Waals surface area contributed by atoms with E-state index in [0.29, 0.717) is 0 Å². The van der Waals surface area contributed by atoms with Gasteiger partial charge < -0.3 is 0 Å². The first kappa shape index (κ1) is 17.2. The topological polar surface area (TPSA) is 78.0 Å². The zero-order valence-corrected chi connectivity index (χ0v) is 15.9. The molecule has 2 aromatic carbocycles. The fourth-order valence-electron chi connectivity index (χ4n) is 2.34. The highest BCUT2D eigenvalue weighted by Gasteiger charge is 2.14. The van der Waals surface area contributed by atoms with Crippen LogP contribution in [-0.2, 0) is 10.0 Å². The molecule has 124 valence electrons. The predicted octanol–water partition coefficient (Wildman–Crippen LogP) is 3.67. The maximum Gasteiger partial charge on any atom is 0.238 e. The second-order valence-corrected chi connectivity index (χ2v) is 8.26. The summed E-state index contributed by atoms with van der Waals surface area (Å²) in [6, 6.07) is 14.4. The van der Waals surface area contributed by atoms with Crippen LogP contribution in [0.25, 0.3) is 16.9 Å². The average molecular weight is 424 g/mol. The standard InChI is InChI=1S/C16H14BrN3O2S2/c1-23-16-19-10-15(20(16)13-6-4-12(17)5-7-13)11-2-8-14(9-3-11)24(18,21)22/h2-10H,1H3,(H2,18,21,22). The van der Waals surface area contributed by atoms with Crippen LogP contribution in [0.2, 0.25) is 0 Å². The molecule has 0 radical (unpaired) electrons. The first-order chi connectivity index (χ1) is 11.4. The molecule has 0 aliphatic rings. The summed E-state index contributed by atoms with van der Waals surface area (Å²) in [5.74, 6) is 0. The number of aromatic nitrogens is 2. The number of hydrogen-bond acceptors (Lipinski definition) is 4. The number of hydrogen-bond donors (Lipinski definition) is 1. The third-order valence-corrected chi connectivity index (χ3v) is 5.59. The molecule has 3 rings (SSSR count). The summed E-state index contributed by atoms with van der Waals surface area (Å²) in [4.78, 5) is 4.54. The molecule has 0 spiro atoms. The molecule has 3 aromatic rings. The van der Waals surface area contributed by atoms with Crippen molar-refractivity contribution in [2.24, 2.45) is 5.14 Å². The molecule has 8 heteroatoms. The lowest BCUT2D eigenvalue weighted by molar-refractivity contribution is 0.598. The van der Waals surface area contributed by atoms with Gasteiger partial charge in [-0.25, -0.2) is 18.5 Å². The van der Waals surface area contributed by atoms with E-state index in [2.05, 4.69) is 20.9 Å². The normalized spacial score (nSPS) is 11.6. The van der Waals surface area contributed by atoms with Crippen LogP contribution in [0.5, 0.6) is 0 Å². The predicted molar refractivity (Wildman–Crippen MR) is 99.9 cm³/mol. The number of sulfonamides is 1. The minimum atomic E-state index is -3.70. The summed E-state index contributed by atoms with van der Waals surface area (Å²) in [6.07, 6.45) is 3.74. The Morgan fingerprint density at radius 3 is 2.25 bits per heavy atom. The second-order valence-electron chi connectivity index (χ2n) is 5.01. The minimum absolute atomic E-state index is 0.0889. The van der Waals surface area contributed by atoms with Crippen LogP contribution in [0.4, 0.5) is 0 Å². The maximum atomic E-state index is 11.4. The third-order valence-electron chi connectivity index (χ3n) is 3.48. The number of thioether (sulfide) groups is 1. The van der Waals surface area contributed by atoms with Gasteiger partial charge in [0.2, 0.25) is 10.0 Å². The second kappa shape index (κ2) is 6.72. The molecule has 5 nitrogen and oxygen atoms in total. The zero-order chi connectivity index (χ0) is 17.3. The van der Waals surface area contributed by atoms with Gasteiger partial charge in [-0.3, -0.25) is 4.57 Å². The SMILES string of the molecule is CSc1ncc(-c2ccc(S(N)(=O)=O)cc2)n1-c1ccc(Br)cc1. The molecule has 0 bridgehead atoms. The molecule has 0 amide bonds. The smallest absolute Gasteiger partial charge is 0.238 e. The molecule has 0 atom stereocenters. The van der Waals surface area contributed by atoms with Gasteiger partial charge in [-0.1, -0.05) is 39.8 Å². The molecule has 1 heterocycles. The Hall–Kier alpha value is -1.61. The number of nitrogens with zero attached hydrogens (tertiary/aromatic N) is 2. The van der Waals surface area contributed by atoms with Gasteiger partial charge in [0.25, 0.3) is 0 Å². The van der Waals surface area contributed by atoms with Crippen LogP contribution >= 0.6 is 27.7 Å². The lowest BCUT2D eigenvalue weighted by Crippen LogP contribution is -2.11. The van der Waals surface area contributed by atoms with Crippen LogP contribution in [0.1, 0.15) is 0 Å². The lowest BCUT2D eigenvalue weighted by atomic mass is 10.1. The summed E-state index contributed by atoms with van der Waals surface area (Å²) >= 11 is 4.98. The molecular formula is C16H14BrN3O2S2. The van der Waals surface area contributed by atoms with Crippen LogP contribution in [0.3, 0.4) is 0 Å². The van der Waals surface area contributed by atoms with E-state index in [9.17, 15) is 8.42 Å². The molecule has 1 aromatic heterocycles.